The first-order valence-electron chi connectivity index (χ1n) is 8.87. The molecule has 1 aromatic heterocycles. The summed E-state index contributed by atoms with van der Waals surface area (Å²) in [5.74, 6) is -0.563. The second kappa shape index (κ2) is 7.79. The van der Waals surface area contributed by atoms with E-state index in [4.69, 9.17) is 13.9 Å². The number of methoxy groups -OCH3 is 2. The van der Waals surface area contributed by atoms with Gasteiger partial charge >= 0.3 is 0 Å². The van der Waals surface area contributed by atoms with E-state index in [9.17, 15) is 20.1 Å². The van der Waals surface area contributed by atoms with Crippen LogP contribution in [0.15, 0.2) is 45.1 Å². The van der Waals surface area contributed by atoms with Crippen molar-refractivity contribution in [2.24, 2.45) is 0 Å². The Morgan fingerprint density at radius 3 is 2.28 bits per heavy atom. The predicted octanol–water partition coefficient (Wildman–Crippen LogP) is 4.10. The topological polar surface area (TPSA) is 109 Å². The standard InChI is InChI=1S/C22H22O7/c1-11(2)5-7-13-15(24)10-17-18(21(13)27-3)19(26)22(28-4)20(29-17)12-6-8-14(23)16(25)9-12/h5-6,8-10,23-25H,7H2,1-4H3. The third-order valence-electron chi connectivity index (χ3n) is 4.54. The minimum Gasteiger partial charge on any atom is -0.507 e. The Balaban J connectivity index is 2.36. The average Bonchev–Trinajstić information content (AvgIpc) is 2.67. The molecule has 0 fully saturated rings. The maximum atomic E-state index is 13.2. The summed E-state index contributed by atoms with van der Waals surface area (Å²) in [5, 5.41) is 30.0. The zero-order valence-corrected chi connectivity index (χ0v) is 16.6. The summed E-state index contributed by atoms with van der Waals surface area (Å²) >= 11 is 0. The third-order valence-corrected chi connectivity index (χ3v) is 4.54. The lowest BCUT2D eigenvalue weighted by Gasteiger charge is -2.15. The number of allylic oxidation sites excluding steroid dienone is 2. The number of phenols is 3. The van der Waals surface area contributed by atoms with Gasteiger partial charge in [0.2, 0.25) is 11.2 Å². The van der Waals surface area contributed by atoms with Gasteiger partial charge in [-0.25, -0.2) is 0 Å². The summed E-state index contributed by atoms with van der Waals surface area (Å²) in [7, 11) is 2.75. The smallest absolute Gasteiger partial charge is 0.239 e. The highest BCUT2D eigenvalue weighted by molar-refractivity contribution is 5.90. The van der Waals surface area contributed by atoms with Crippen LogP contribution < -0.4 is 14.9 Å². The van der Waals surface area contributed by atoms with Gasteiger partial charge in [-0.05, 0) is 38.5 Å². The van der Waals surface area contributed by atoms with E-state index in [1.165, 1.54) is 38.5 Å². The van der Waals surface area contributed by atoms with Crippen molar-refractivity contribution >= 4 is 11.0 Å². The first-order valence-corrected chi connectivity index (χ1v) is 8.87. The van der Waals surface area contributed by atoms with Gasteiger partial charge in [0.1, 0.15) is 22.5 Å². The highest BCUT2D eigenvalue weighted by Crippen LogP contribution is 2.40. The summed E-state index contributed by atoms with van der Waals surface area (Å²) in [6, 6.07) is 5.36. The first kappa shape index (κ1) is 20.1. The van der Waals surface area contributed by atoms with E-state index in [1.807, 2.05) is 19.9 Å². The summed E-state index contributed by atoms with van der Waals surface area (Å²) < 4.78 is 16.6. The van der Waals surface area contributed by atoms with Crippen LogP contribution in [0.2, 0.25) is 0 Å². The molecule has 3 N–H and O–H groups in total. The summed E-state index contributed by atoms with van der Waals surface area (Å²) in [4.78, 5) is 13.2. The fourth-order valence-corrected chi connectivity index (χ4v) is 3.10. The lowest BCUT2D eigenvalue weighted by Crippen LogP contribution is -2.10. The van der Waals surface area contributed by atoms with E-state index in [0.717, 1.165) is 5.57 Å². The molecule has 0 aliphatic rings. The molecule has 0 bridgehead atoms. The van der Waals surface area contributed by atoms with E-state index in [0.29, 0.717) is 17.5 Å². The van der Waals surface area contributed by atoms with Crippen molar-refractivity contribution in [3.05, 3.63) is 51.7 Å². The molecular formula is C22H22O7. The summed E-state index contributed by atoms with van der Waals surface area (Å²) in [6.45, 7) is 3.86. The van der Waals surface area contributed by atoms with E-state index < -0.39 is 5.43 Å². The molecule has 0 aliphatic heterocycles. The number of hydrogen-bond acceptors (Lipinski definition) is 7. The molecular weight excluding hydrogens is 376 g/mol. The van der Waals surface area contributed by atoms with Gasteiger partial charge in [0.05, 0.1) is 14.2 Å². The fraction of sp³-hybridized carbons (Fsp3) is 0.227. The Bertz CT molecular complexity index is 1170. The average molecular weight is 398 g/mol. The van der Waals surface area contributed by atoms with Crippen LogP contribution in [0.25, 0.3) is 22.3 Å². The largest absolute Gasteiger partial charge is 0.507 e. The molecule has 0 unspecified atom stereocenters. The van der Waals surface area contributed by atoms with Gasteiger partial charge in [0.15, 0.2) is 17.3 Å². The van der Waals surface area contributed by atoms with Gasteiger partial charge in [-0.3, -0.25) is 4.79 Å². The summed E-state index contributed by atoms with van der Waals surface area (Å²) in [5.41, 5.74) is 1.47. The molecule has 0 aliphatic carbocycles. The Labute approximate surface area is 167 Å². The third kappa shape index (κ3) is 3.59. The van der Waals surface area contributed by atoms with Crippen molar-refractivity contribution < 1.29 is 29.2 Å². The zero-order valence-electron chi connectivity index (χ0n) is 16.6. The quantitative estimate of drug-likeness (QED) is 0.438. The molecule has 3 rings (SSSR count). The van der Waals surface area contributed by atoms with Crippen molar-refractivity contribution in [3.63, 3.8) is 0 Å². The highest BCUT2D eigenvalue weighted by Gasteiger charge is 2.24. The number of rotatable bonds is 5. The molecule has 2 aromatic carbocycles. The number of hydrogen-bond donors (Lipinski definition) is 3. The molecule has 0 spiro atoms. The van der Waals surface area contributed by atoms with Crippen LogP contribution in [0.4, 0.5) is 0 Å². The van der Waals surface area contributed by atoms with Crippen LogP contribution in [0.3, 0.4) is 0 Å². The minimum atomic E-state index is -0.480. The predicted molar refractivity (Wildman–Crippen MR) is 109 cm³/mol. The van der Waals surface area contributed by atoms with Gasteiger partial charge in [-0.1, -0.05) is 11.6 Å². The molecule has 0 saturated heterocycles. The fourth-order valence-electron chi connectivity index (χ4n) is 3.10. The van der Waals surface area contributed by atoms with E-state index in [1.54, 1.807) is 0 Å². The van der Waals surface area contributed by atoms with Crippen molar-refractivity contribution in [3.8, 4) is 40.1 Å². The van der Waals surface area contributed by atoms with Crippen molar-refractivity contribution in [1.82, 2.24) is 0 Å². The molecule has 0 radical (unpaired) electrons. The molecule has 7 heteroatoms. The Morgan fingerprint density at radius 2 is 1.69 bits per heavy atom. The van der Waals surface area contributed by atoms with Gasteiger partial charge in [0.25, 0.3) is 0 Å². The van der Waals surface area contributed by atoms with Gasteiger partial charge in [-0.2, -0.15) is 0 Å². The number of phenolic OH excluding ortho intramolecular Hbond substituents is 3. The Kier molecular flexibility index (Phi) is 5.41. The van der Waals surface area contributed by atoms with Crippen LogP contribution in [0, 0.1) is 0 Å². The normalized spacial score (nSPS) is 10.8. The molecule has 7 nitrogen and oxygen atoms in total. The van der Waals surface area contributed by atoms with Crippen LogP contribution >= 0.6 is 0 Å². The van der Waals surface area contributed by atoms with Crippen LogP contribution in [-0.4, -0.2) is 29.5 Å². The maximum absolute atomic E-state index is 13.2. The molecule has 0 saturated carbocycles. The number of ether oxygens (including phenoxy) is 2. The monoisotopic (exact) mass is 398 g/mol. The van der Waals surface area contributed by atoms with E-state index in [-0.39, 0.29) is 45.5 Å². The van der Waals surface area contributed by atoms with Gasteiger partial charge in [-0.15, -0.1) is 0 Å². The van der Waals surface area contributed by atoms with Crippen molar-refractivity contribution in [2.45, 2.75) is 20.3 Å². The zero-order chi connectivity index (χ0) is 21.3. The van der Waals surface area contributed by atoms with Crippen LogP contribution in [0.5, 0.6) is 28.7 Å². The number of aromatic hydroxyl groups is 3. The lowest BCUT2D eigenvalue weighted by atomic mass is 10.0. The second-order valence-corrected chi connectivity index (χ2v) is 6.76. The Hall–Kier alpha value is -3.61. The maximum Gasteiger partial charge on any atom is 0.239 e. The molecule has 1 heterocycles. The number of fused-ring (bicyclic) bond motifs is 1. The lowest BCUT2D eigenvalue weighted by molar-refractivity contribution is 0.391. The number of benzene rings is 2. The van der Waals surface area contributed by atoms with Crippen LogP contribution in [0.1, 0.15) is 19.4 Å². The molecule has 29 heavy (non-hydrogen) atoms. The van der Waals surface area contributed by atoms with Crippen molar-refractivity contribution in [1.29, 1.82) is 0 Å². The SMILES string of the molecule is COc1c(-c2ccc(O)c(O)c2)oc2cc(O)c(CC=C(C)C)c(OC)c2c1=O. The highest BCUT2D eigenvalue weighted by atomic mass is 16.5. The second-order valence-electron chi connectivity index (χ2n) is 6.76. The molecule has 0 atom stereocenters. The first-order chi connectivity index (χ1) is 13.8. The van der Waals surface area contributed by atoms with Crippen molar-refractivity contribution in [2.75, 3.05) is 14.2 Å². The summed E-state index contributed by atoms with van der Waals surface area (Å²) in [6.07, 6.45) is 2.29. The van der Waals surface area contributed by atoms with Gasteiger partial charge < -0.3 is 29.2 Å². The minimum absolute atomic E-state index is 0.0544. The van der Waals surface area contributed by atoms with Gasteiger partial charge in [0, 0.05) is 17.2 Å². The van der Waals surface area contributed by atoms with E-state index in [2.05, 4.69) is 0 Å². The van der Waals surface area contributed by atoms with E-state index >= 15 is 0 Å². The molecule has 3 aromatic rings. The molecule has 152 valence electrons. The molecule has 0 amide bonds. The van der Waals surface area contributed by atoms with Crippen LogP contribution in [-0.2, 0) is 6.42 Å². The Morgan fingerprint density at radius 1 is 1.00 bits per heavy atom.